The molecule has 2 fully saturated rings. The summed E-state index contributed by atoms with van der Waals surface area (Å²) >= 11 is 15.1. The summed E-state index contributed by atoms with van der Waals surface area (Å²) in [6, 6.07) is 8.82. The van der Waals surface area contributed by atoms with E-state index >= 15 is 0 Å². The summed E-state index contributed by atoms with van der Waals surface area (Å²) in [5.41, 5.74) is 4.08. The summed E-state index contributed by atoms with van der Waals surface area (Å²) in [7, 11) is 0. The first kappa shape index (κ1) is 29.2. The summed E-state index contributed by atoms with van der Waals surface area (Å²) in [5.74, 6) is 0.239. The molecule has 5 aromatic rings. The van der Waals surface area contributed by atoms with Crippen LogP contribution in [0.5, 0.6) is 0 Å². The zero-order chi connectivity index (χ0) is 31.7. The molecular formula is C31H27Cl2FN8O3S. The predicted molar refractivity (Wildman–Crippen MR) is 174 cm³/mol. The van der Waals surface area contributed by atoms with Crippen LogP contribution in [-0.4, -0.2) is 78.7 Å². The quantitative estimate of drug-likeness (QED) is 0.231. The lowest BCUT2D eigenvalue weighted by Crippen LogP contribution is -2.32. The van der Waals surface area contributed by atoms with Gasteiger partial charge in [0.2, 0.25) is 0 Å². The molecule has 11 nitrogen and oxygen atoms in total. The van der Waals surface area contributed by atoms with Gasteiger partial charge >= 0.3 is 6.09 Å². The molecule has 4 atom stereocenters. The van der Waals surface area contributed by atoms with Gasteiger partial charge in [-0.2, -0.15) is 5.10 Å². The minimum atomic E-state index is -1.05. The predicted octanol–water partition coefficient (Wildman–Crippen LogP) is 5.83. The van der Waals surface area contributed by atoms with Gasteiger partial charge in [-0.1, -0.05) is 35.3 Å². The molecule has 0 saturated carbocycles. The number of rotatable bonds is 6. The average molecular weight is 682 g/mol. The Hall–Kier alpha value is -4.20. The molecular weight excluding hydrogens is 654 g/mol. The first-order valence-corrected chi connectivity index (χ1v) is 16.5. The number of benzene rings is 2. The van der Waals surface area contributed by atoms with Gasteiger partial charge in [-0.25, -0.2) is 19.2 Å². The minimum Gasteiger partial charge on any atom is -0.465 e. The van der Waals surface area contributed by atoms with Crippen molar-refractivity contribution in [1.29, 1.82) is 0 Å². The first-order chi connectivity index (χ1) is 22.2. The van der Waals surface area contributed by atoms with E-state index in [-0.39, 0.29) is 13.0 Å². The highest BCUT2D eigenvalue weighted by molar-refractivity contribution is 7.13. The van der Waals surface area contributed by atoms with Crippen LogP contribution in [0.1, 0.15) is 17.4 Å². The van der Waals surface area contributed by atoms with Gasteiger partial charge in [0.1, 0.15) is 11.7 Å². The lowest BCUT2D eigenvalue weighted by atomic mass is 10.0. The Kier molecular flexibility index (Phi) is 7.14. The number of hydrogen-bond acceptors (Lipinski definition) is 7. The number of imidazole rings is 1. The van der Waals surface area contributed by atoms with Gasteiger partial charge in [0.05, 0.1) is 28.6 Å². The van der Waals surface area contributed by atoms with E-state index in [0.29, 0.717) is 68.0 Å². The molecule has 6 heterocycles. The van der Waals surface area contributed by atoms with Crippen molar-refractivity contribution in [2.75, 3.05) is 36.4 Å². The van der Waals surface area contributed by atoms with Crippen molar-refractivity contribution in [1.82, 2.24) is 29.2 Å². The molecule has 0 spiro atoms. The summed E-state index contributed by atoms with van der Waals surface area (Å²) < 4.78 is 17.6. The number of fused-ring (bicyclic) bond motifs is 3. The summed E-state index contributed by atoms with van der Waals surface area (Å²) in [4.78, 5) is 37.6. The Morgan fingerprint density at radius 3 is 2.52 bits per heavy atom. The number of amides is 2. The number of alkyl halides is 1. The van der Waals surface area contributed by atoms with E-state index in [1.54, 1.807) is 34.7 Å². The van der Waals surface area contributed by atoms with Crippen LogP contribution in [-0.2, 0) is 17.8 Å². The Morgan fingerprint density at radius 2 is 1.83 bits per heavy atom. The molecule has 236 valence electrons. The van der Waals surface area contributed by atoms with E-state index in [1.165, 1.54) is 20.9 Å². The highest BCUT2D eigenvalue weighted by Gasteiger charge is 2.42. The van der Waals surface area contributed by atoms with Gasteiger partial charge in [0.25, 0.3) is 5.91 Å². The van der Waals surface area contributed by atoms with Crippen LogP contribution in [0.4, 0.5) is 20.0 Å². The van der Waals surface area contributed by atoms with Crippen LogP contribution in [0.3, 0.4) is 0 Å². The fraction of sp³-hybridized carbons (Fsp3) is 0.323. The van der Waals surface area contributed by atoms with E-state index in [9.17, 15) is 19.1 Å². The van der Waals surface area contributed by atoms with E-state index in [1.807, 2.05) is 24.3 Å². The third-order valence-electron chi connectivity index (χ3n) is 9.23. The molecule has 8 rings (SSSR count). The number of carbonyl (C=O) groups excluding carboxylic acids is 1. The fourth-order valence-electron chi connectivity index (χ4n) is 7.03. The highest BCUT2D eigenvalue weighted by atomic mass is 35.5. The van der Waals surface area contributed by atoms with Crippen LogP contribution in [0.15, 0.2) is 54.4 Å². The lowest BCUT2D eigenvalue weighted by molar-refractivity contribution is -0.118. The lowest BCUT2D eigenvalue weighted by Gasteiger charge is -2.22. The molecule has 2 aromatic carbocycles. The van der Waals surface area contributed by atoms with Gasteiger partial charge in [0, 0.05) is 84.5 Å². The van der Waals surface area contributed by atoms with Gasteiger partial charge in [-0.3, -0.25) is 14.8 Å². The van der Waals surface area contributed by atoms with Crippen LogP contribution < -0.4 is 10.2 Å². The molecule has 2 N–H and O–H groups in total. The molecule has 0 bridgehead atoms. The number of halogens is 3. The smallest absolute Gasteiger partial charge is 0.407 e. The molecule has 3 aliphatic heterocycles. The largest absolute Gasteiger partial charge is 0.465 e. The van der Waals surface area contributed by atoms with Crippen LogP contribution in [0.2, 0.25) is 10.0 Å². The summed E-state index contributed by atoms with van der Waals surface area (Å²) in [6.07, 6.45) is 3.07. The van der Waals surface area contributed by atoms with Gasteiger partial charge in [-0.15, -0.1) is 11.3 Å². The number of carbonyl (C=O) groups is 2. The second-order valence-corrected chi connectivity index (χ2v) is 13.7. The molecule has 3 aromatic heterocycles. The van der Waals surface area contributed by atoms with Gasteiger partial charge in [0.15, 0.2) is 11.2 Å². The van der Waals surface area contributed by atoms with Crippen molar-refractivity contribution < 1.29 is 19.1 Å². The number of nitrogens with one attached hydrogen (secondary N) is 1. The molecule has 0 radical (unpaired) electrons. The maximum Gasteiger partial charge on any atom is 0.407 e. The maximum atomic E-state index is 14.3. The Morgan fingerprint density at radius 1 is 1.07 bits per heavy atom. The van der Waals surface area contributed by atoms with E-state index in [2.05, 4.69) is 20.2 Å². The van der Waals surface area contributed by atoms with Crippen molar-refractivity contribution in [2.24, 2.45) is 11.8 Å². The normalized spacial score (nSPS) is 21.2. The molecule has 46 heavy (non-hydrogen) atoms. The SMILES string of the molecule is O=C(Nc1nccs1)C(c1ncn2c1C[C@@H](F)C2)n1cc2c(Cl)cc(-c3ccc(N4C[C@H]5CN(C(=O)O)C[C@H]5C4)cc3)c(Cl)c2n1. The molecule has 2 saturated heterocycles. The first-order valence-electron chi connectivity index (χ1n) is 14.8. The number of likely N-dealkylation sites (tertiary alicyclic amines) is 1. The Balaban J connectivity index is 1.11. The zero-order valence-corrected chi connectivity index (χ0v) is 26.5. The van der Waals surface area contributed by atoms with Crippen molar-refractivity contribution in [3.63, 3.8) is 0 Å². The van der Waals surface area contributed by atoms with Gasteiger partial charge < -0.3 is 19.5 Å². The van der Waals surface area contributed by atoms with Gasteiger partial charge in [-0.05, 0) is 23.8 Å². The third kappa shape index (κ3) is 4.97. The van der Waals surface area contributed by atoms with Crippen LogP contribution >= 0.6 is 34.5 Å². The Labute approximate surface area is 276 Å². The van der Waals surface area contributed by atoms with Crippen molar-refractivity contribution >= 4 is 68.3 Å². The number of anilines is 2. The highest BCUT2D eigenvalue weighted by Crippen LogP contribution is 2.41. The number of carboxylic acid groups (broad SMARTS) is 1. The average Bonchev–Trinajstić information content (AvgIpc) is 3.86. The van der Waals surface area contributed by atoms with Crippen molar-refractivity contribution in [3.05, 3.63) is 75.9 Å². The molecule has 2 amide bonds. The molecule has 3 aliphatic rings. The van der Waals surface area contributed by atoms with Crippen molar-refractivity contribution in [2.45, 2.75) is 25.2 Å². The summed E-state index contributed by atoms with van der Waals surface area (Å²) in [6.45, 7) is 2.96. The fourth-order valence-corrected chi connectivity index (χ4v) is 8.11. The second-order valence-electron chi connectivity index (χ2n) is 12.0. The number of hydrogen-bond donors (Lipinski definition) is 2. The zero-order valence-electron chi connectivity index (χ0n) is 24.2. The van der Waals surface area contributed by atoms with Crippen LogP contribution in [0.25, 0.3) is 22.0 Å². The molecule has 15 heteroatoms. The number of nitrogens with zero attached hydrogens (tertiary/aromatic N) is 7. The third-order valence-corrected chi connectivity index (χ3v) is 10.6. The van der Waals surface area contributed by atoms with E-state index in [0.717, 1.165) is 24.3 Å². The van der Waals surface area contributed by atoms with Crippen LogP contribution in [0, 0.1) is 11.8 Å². The van der Waals surface area contributed by atoms with Crippen molar-refractivity contribution in [3.8, 4) is 11.1 Å². The second kappa shape index (κ2) is 11.2. The van der Waals surface area contributed by atoms with E-state index < -0.39 is 24.2 Å². The monoisotopic (exact) mass is 680 g/mol. The molecule has 1 unspecified atom stereocenters. The number of thiazole rings is 1. The summed E-state index contributed by atoms with van der Waals surface area (Å²) in [5, 5.41) is 20.5. The van der Waals surface area contributed by atoms with E-state index in [4.69, 9.17) is 28.3 Å². The molecule has 0 aliphatic carbocycles. The maximum absolute atomic E-state index is 14.3. The topological polar surface area (TPSA) is 121 Å². The minimum absolute atomic E-state index is 0.151. The standard InChI is InChI=1S/C31H27Cl2FN8O3S/c32-23-8-21(16-1-3-20(4-2-16)39-9-17-11-40(31(44)45)12-18(17)10-39)25(33)26-22(23)14-42(38-26)28(29(43)37-30-35-5-6-46-30)27-24-7-19(34)13-41(24)15-36-27/h1-6,8,14-15,17-19,28H,7,9-13H2,(H,44,45)(H,35,37,43)/t17-,18+,19-,28?/m1/s1. The number of aromatic nitrogens is 5. The Bertz CT molecular complexity index is 1970.